The van der Waals surface area contributed by atoms with Crippen LogP contribution in [0.5, 0.6) is 0 Å². The molecule has 3 nitrogen and oxygen atoms in total. The number of amides is 1. The van der Waals surface area contributed by atoms with E-state index < -0.39 is 0 Å². The molecule has 0 bridgehead atoms. The lowest BCUT2D eigenvalue weighted by atomic mass is 9.99. The number of nitrogens with one attached hydrogen (secondary N) is 1. The molecule has 1 fully saturated rings. The van der Waals surface area contributed by atoms with Gasteiger partial charge in [-0.2, -0.15) is 0 Å². The van der Waals surface area contributed by atoms with Crippen molar-refractivity contribution in [3.63, 3.8) is 0 Å². The highest BCUT2D eigenvalue weighted by molar-refractivity contribution is 5.85. The lowest BCUT2D eigenvalue weighted by Crippen LogP contribution is -2.32. The number of carbonyl (C=O) groups excluding carboxylic acids is 1. The summed E-state index contributed by atoms with van der Waals surface area (Å²) in [5, 5.41) is 2.98. The van der Waals surface area contributed by atoms with Crippen LogP contribution in [0.4, 0.5) is 0 Å². The summed E-state index contributed by atoms with van der Waals surface area (Å²) in [5.41, 5.74) is 8.56. The Morgan fingerprint density at radius 3 is 2.27 bits per heavy atom. The van der Waals surface area contributed by atoms with Gasteiger partial charge in [-0.3, -0.25) is 4.79 Å². The van der Waals surface area contributed by atoms with Gasteiger partial charge in [-0.15, -0.1) is 12.4 Å². The molecule has 1 atom stereocenters. The highest BCUT2D eigenvalue weighted by Gasteiger charge is 2.18. The van der Waals surface area contributed by atoms with Crippen molar-refractivity contribution >= 4 is 18.3 Å². The number of halogens is 1. The maximum atomic E-state index is 11.9. The van der Waals surface area contributed by atoms with E-state index in [2.05, 4.69) is 43.4 Å². The summed E-state index contributed by atoms with van der Waals surface area (Å²) in [6.45, 7) is 4.88. The van der Waals surface area contributed by atoms with Crippen molar-refractivity contribution in [2.45, 2.75) is 57.9 Å². The number of hydrogen-bond acceptors (Lipinski definition) is 2. The second-order valence-electron chi connectivity index (χ2n) is 6.59. The SMILES string of the molecule is CC(C)c1ccc(C(N)CNC(=O)CC2CCCC2)cc1.Cl. The summed E-state index contributed by atoms with van der Waals surface area (Å²) in [6, 6.07) is 8.27. The molecule has 0 saturated heterocycles. The second-order valence-corrected chi connectivity index (χ2v) is 6.59. The molecule has 124 valence electrons. The van der Waals surface area contributed by atoms with Crippen LogP contribution in [0, 0.1) is 5.92 Å². The van der Waals surface area contributed by atoms with Crippen LogP contribution >= 0.6 is 12.4 Å². The zero-order chi connectivity index (χ0) is 15.2. The van der Waals surface area contributed by atoms with E-state index in [0.717, 1.165) is 5.56 Å². The Labute approximate surface area is 140 Å². The largest absolute Gasteiger partial charge is 0.354 e. The molecule has 1 saturated carbocycles. The lowest BCUT2D eigenvalue weighted by Gasteiger charge is -2.15. The van der Waals surface area contributed by atoms with Crippen LogP contribution in [0.25, 0.3) is 0 Å². The van der Waals surface area contributed by atoms with E-state index in [4.69, 9.17) is 5.73 Å². The summed E-state index contributed by atoms with van der Waals surface area (Å²) in [6.07, 6.45) is 5.63. The first-order chi connectivity index (χ1) is 10.1. The number of rotatable bonds is 6. The third-order valence-electron chi connectivity index (χ3n) is 4.50. The zero-order valence-corrected chi connectivity index (χ0v) is 14.5. The van der Waals surface area contributed by atoms with Crippen LogP contribution in [-0.2, 0) is 4.79 Å². The van der Waals surface area contributed by atoms with Crippen molar-refractivity contribution in [2.75, 3.05) is 6.54 Å². The fourth-order valence-corrected chi connectivity index (χ4v) is 3.02. The topological polar surface area (TPSA) is 55.1 Å². The van der Waals surface area contributed by atoms with Gasteiger partial charge in [0, 0.05) is 19.0 Å². The van der Waals surface area contributed by atoms with Gasteiger partial charge in [-0.1, -0.05) is 51.0 Å². The van der Waals surface area contributed by atoms with Crippen LogP contribution in [-0.4, -0.2) is 12.5 Å². The molecule has 1 aliphatic carbocycles. The van der Waals surface area contributed by atoms with Gasteiger partial charge < -0.3 is 11.1 Å². The van der Waals surface area contributed by atoms with Gasteiger partial charge in [-0.25, -0.2) is 0 Å². The average Bonchev–Trinajstić information content (AvgIpc) is 2.97. The minimum absolute atomic E-state index is 0. The third-order valence-corrected chi connectivity index (χ3v) is 4.50. The third kappa shape index (κ3) is 5.62. The molecule has 0 radical (unpaired) electrons. The Morgan fingerprint density at radius 1 is 1.18 bits per heavy atom. The molecular weight excluding hydrogens is 296 g/mol. The number of carbonyl (C=O) groups is 1. The molecule has 1 amide bonds. The summed E-state index contributed by atoms with van der Waals surface area (Å²) in [4.78, 5) is 11.9. The zero-order valence-electron chi connectivity index (χ0n) is 13.7. The second kappa shape index (κ2) is 9.16. The van der Waals surface area contributed by atoms with Gasteiger partial charge in [-0.05, 0) is 35.8 Å². The van der Waals surface area contributed by atoms with Gasteiger partial charge in [0.2, 0.25) is 5.91 Å². The van der Waals surface area contributed by atoms with E-state index in [1.54, 1.807) is 0 Å². The predicted molar refractivity (Wildman–Crippen MR) is 94.3 cm³/mol. The average molecular weight is 325 g/mol. The highest BCUT2D eigenvalue weighted by Crippen LogP contribution is 2.27. The van der Waals surface area contributed by atoms with Gasteiger partial charge in [0.15, 0.2) is 0 Å². The Balaban J connectivity index is 0.00000242. The highest BCUT2D eigenvalue weighted by atomic mass is 35.5. The molecule has 2 rings (SSSR count). The van der Waals surface area contributed by atoms with Gasteiger partial charge in [0.25, 0.3) is 0 Å². The van der Waals surface area contributed by atoms with Crippen molar-refractivity contribution in [2.24, 2.45) is 11.7 Å². The Bertz CT molecular complexity index is 453. The Morgan fingerprint density at radius 2 is 1.73 bits per heavy atom. The van der Waals surface area contributed by atoms with E-state index >= 15 is 0 Å². The molecule has 4 heteroatoms. The minimum Gasteiger partial charge on any atom is -0.354 e. The molecule has 0 aromatic heterocycles. The quantitative estimate of drug-likeness (QED) is 0.833. The van der Waals surface area contributed by atoms with Crippen molar-refractivity contribution in [1.29, 1.82) is 0 Å². The van der Waals surface area contributed by atoms with Gasteiger partial charge >= 0.3 is 0 Å². The molecule has 1 aromatic rings. The van der Waals surface area contributed by atoms with E-state index in [1.807, 2.05) is 0 Å². The fourth-order valence-electron chi connectivity index (χ4n) is 3.02. The van der Waals surface area contributed by atoms with Crippen LogP contribution < -0.4 is 11.1 Å². The molecular formula is C18H29ClN2O. The van der Waals surface area contributed by atoms with Crippen molar-refractivity contribution < 1.29 is 4.79 Å². The molecule has 0 heterocycles. The monoisotopic (exact) mass is 324 g/mol. The van der Waals surface area contributed by atoms with Crippen LogP contribution in [0.3, 0.4) is 0 Å². The number of nitrogens with two attached hydrogens (primary N) is 1. The summed E-state index contributed by atoms with van der Waals surface area (Å²) in [7, 11) is 0. The normalized spacial score (nSPS) is 16.4. The summed E-state index contributed by atoms with van der Waals surface area (Å²) < 4.78 is 0. The first-order valence-electron chi connectivity index (χ1n) is 8.18. The predicted octanol–water partition coefficient (Wildman–Crippen LogP) is 3.93. The fraction of sp³-hybridized carbons (Fsp3) is 0.611. The first-order valence-corrected chi connectivity index (χ1v) is 8.18. The lowest BCUT2D eigenvalue weighted by molar-refractivity contribution is -0.122. The summed E-state index contributed by atoms with van der Waals surface area (Å²) >= 11 is 0. The van der Waals surface area contributed by atoms with Gasteiger partial charge in [0.05, 0.1) is 0 Å². The number of hydrogen-bond donors (Lipinski definition) is 2. The van der Waals surface area contributed by atoms with Crippen molar-refractivity contribution in [3.8, 4) is 0 Å². The maximum Gasteiger partial charge on any atom is 0.220 e. The van der Waals surface area contributed by atoms with Crippen molar-refractivity contribution in [3.05, 3.63) is 35.4 Å². The van der Waals surface area contributed by atoms with Crippen LogP contribution in [0.1, 0.15) is 69.0 Å². The van der Waals surface area contributed by atoms with E-state index in [0.29, 0.717) is 24.8 Å². The molecule has 1 unspecified atom stereocenters. The van der Waals surface area contributed by atoms with Crippen molar-refractivity contribution in [1.82, 2.24) is 5.32 Å². The minimum atomic E-state index is -0.126. The Kier molecular flexibility index (Phi) is 7.91. The maximum absolute atomic E-state index is 11.9. The van der Waals surface area contributed by atoms with Crippen LogP contribution in [0.2, 0.25) is 0 Å². The molecule has 3 N–H and O–H groups in total. The molecule has 22 heavy (non-hydrogen) atoms. The smallest absolute Gasteiger partial charge is 0.220 e. The van der Waals surface area contributed by atoms with Gasteiger partial charge in [0.1, 0.15) is 0 Å². The Hall–Kier alpha value is -1.06. The molecule has 0 aliphatic heterocycles. The van der Waals surface area contributed by atoms with E-state index in [9.17, 15) is 4.79 Å². The molecule has 1 aromatic carbocycles. The number of benzene rings is 1. The summed E-state index contributed by atoms with van der Waals surface area (Å²) in [5.74, 6) is 1.27. The van der Waals surface area contributed by atoms with E-state index in [-0.39, 0.29) is 24.4 Å². The standard InChI is InChI=1S/C18H28N2O.ClH/c1-13(2)15-7-9-16(10-8-15)17(19)12-20-18(21)11-14-5-3-4-6-14;/h7-10,13-14,17H,3-6,11-12,19H2,1-2H3,(H,20,21);1H. The van der Waals surface area contributed by atoms with E-state index in [1.165, 1.54) is 31.2 Å². The van der Waals surface area contributed by atoms with Crippen LogP contribution in [0.15, 0.2) is 24.3 Å². The molecule has 1 aliphatic rings. The first kappa shape index (κ1) is 19.0. The molecule has 0 spiro atoms.